The molecule has 1 aliphatic heterocycles. The van der Waals surface area contributed by atoms with Crippen molar-refractivity contribution in [3.63, 3.8) is 0 Å². The van der Waals surface area contributed by atoms with E-state index in [2.05, 4.69) is 33.0 Å². The van der Waals surface area contributed by atoms with E-state index < -0.39 is 0 Å². The zero-order valence-electron chi connectivity index (χ0n) is 11.3. The molecular formula is C14H18N4O. The molecule has 0 unspecified atom stereocenters. The quantitative estimate of drug-likeness (QED) is 0.846. The summed E-state index contributed by atoms with van der Waals surface area (Å²) in [6, 6.07) is 2.35. The largest absolute Gasteiger partial charge is 0.338 e. The molecule has 1 aliphatic rings. The van der Waals surface area contributed by atoms with Crippen LogP contribution in [0.1, 0.15) is 41.7 Å². The lowest BCUT2D eigenvalue weighted by molar-refractivity contribution is 0.200. The average molecular weight is 258 g/mol. The van der Waals surface area contributed by atoms with E-state index in [1.165, 1.54) is 17.5 Å². The van der Waals surface area contributed by atoms with E-state index in [1.54, 1.807) is 0 Å². The second-order valence-corrected chi connectivity index (χ2v) is 5.11. The average Bonchev–Trinajstić information content (AvgIpc) is 3.01. The molecule has 3 heterocycles. The zero-order valence-corrected chi connectivity index (χ0v) is 11.3. The van der Waals surface area contributed by atoms with Crippen LogP contribution in [0.2, 0.25) is 0 Å². The first kappa shape index (κ1) is 12.3. The summed E-state index contributed by atoms with van der Waals surface area (Å²) in [5.74, 6) is 1.46. The lowest BCUT2D eigenvalue weighted by Crippen LogP contribution is -2.23. The lowest BCUT2D eigenvalue weighted by Gasteiger charge is -2.22. The highest BCUT2D eigenvalue weighted by molar-refractivity contribution is 5.21. The smallest absolute Gasteiger partial charge is 0.243 e. The maximum Gasteiger partial charge on any atom is 0.243 e. The number of pyridine rings is 1. The minimum absolute atomic E-state index is 0.258. The van der Waals surface area contributed by atoms with Crippen LogP contribution in [0.4, 0.5) is 0 Å². The third kappa shape index (κ3) is 2.51. The number of rotatable bonds is 3. The third-order valence-electron chi connectivity index (χ3n) is 3.70. The molecule has 2 aromatic rings. The Balaban J connectivity index is 1.79. The Hall–Kier alpha value is -1.75. The van der Waals surface area contributed by atoms with E-state index in [4.69, 9.17) is 4.52 Å². The van der Waals surface area contributed by atoms with Gasteiger partial charge in [0.15, 0.2) is 5.82 Å². The van der Waals surface area contributed by atoms with E-state index in [1.807, 2.05) is 19.3 Å². The Morgan fingerprint density at radius 3 is 3.05 bits per heavy atom. The number of aryl methyl sites for hydroxylation is 2. The number of hydrogen-bond acceptors (Lipinski definition) is 5. The van der Waals surface area contributed by atoms with E-state index in [9.17, 15) is 0 Å². The van der Waals surface area contributed by atoms with Crippen molar-refractivity contribution in [3.05, 3.63) is 41.3 Å². The topological polar surface area (TPSA) is 55.1 Å². The van der Waals surface area contributed by atoms with Crippen LogP contribution in [0, 0.1) is 13.8 Å². The van der Waals surface area contributed by atoms with Gasteiger partial charge in [-0.05, 0) is 50.4 Å². The first-order valence-electron chi connectivity index (χ1n) is 6.68. The summed E-state index contributed by atoms with van der Waals surface area (Å²) in [5, 5.41) is 3.90. The molecule has 1 fully saturated rings. The van der Waals surface area contributed by atoms with E-state index in [-0.39, 0.29) is 6.04 Å². The molecule has 5 heteroatoms. The van der Waals surface area contributed by atoms with Crippen LogP contribution < -0.4 is 0 Å². The molecule has 2 aromatic heterocycles. The monoisotopic (exact) mass is 258 g/mol. The van der Waals surface area contributed by atoms with Gasteiger partial charge in [0.1, 0.15) is 0 Å². The van der Waals surface area contributed by atoms with E-state index in [0.29, 0.717) is 5.82 Å². The number of likely N-dealkylation sites (tertiary alicyclic amines) is 1. The van der Waals surface area contributed by atoms with Crippen molar-refractivity contribution in [2.75, 3.05) is 6.54 Å². The molecule has 5 nitrogen and oxygen atoms in total. The minimum atomic E-state index is 0.258. The van der Waals surface area contributed by atoms with Crippen LogP contribution >= 0.6 is 0 Å². The second-order valence-electron chi connectivity index (χ2n) is 5.11. The van der Waals surface area contributed by atoms with Crippen molar-refractivity contribution < 1.29 is 4.52 Å². The van der Waals surface area contributed by atoms with Crippen molar-refractivity contribution in [2.45, 2.75) is 39.3 Å². The molecule has 0 aromatic carbocycles. The fraction of sp³-hybridized carbons (Fsp3) is 0.500. The highest BCUT2D eigenvalue weighted by Gasteiger charge is 2.30. The molecule has 0 spiro atoms. The van der Waals surface area contributed by atoms with Gasteiger partial charge in [0.2, 0.25) is 5.89 Å². The highest BCUT2D eigenvalue weighted by atomic mass is 16.5. The first-order valence-corrected chi connectivity index (χ1v) is 6.68. The van der Waals surface area contributed by atoms with Gasteiger partial charge in [0.25, 0.3) is 0 Å². The molecule has 0 radical (unpaired) electrons. The van der Waals surface area contributed by atoms with Gasteiger partial charge < -0.3 is 4.52 Å². The molecule has 1 atom stereocenters. The summed E-state index contributed by atoms with van der Waals surface area (Å²) in [7, 11) is 0. The summed E-state index contributed by atoms with van der Waals surface area (Å²) in [4.78, 5) is 10.9. The lowest BCUT2D eigenvalue weighted by atomic mass is 10.1. The van der Waals surface area contributed by atoms with Crippen LogP contribution in [0.15, 0.2) is 23.0 Å². The Morgan fingerprint density at radius 2 is 2.32 bits per heavy atom. The zero-order chi connectivity index (χ0) is 13.2. The van der Waals surface area contributed by atoms with Gasteiger partial charge in [-0.15, -0.1) is 0 Å². The number of aromatic nitrogens is 3. The summed E-state index contributed by atoms with van der Waals surface area (Å²) >= 11 is 0. The second kappa shape index (κ2) is 5.09. The molecule has 100 valence electrons. The molecule has 19 heavy (non-hydrogen) atoms. The first-order chi connectivity index (χ1) is 9.24. The number of hydrogen-bond donors (Lipinski definition) is 0. The van der Waals surface area contributed by atoms with Gasteiger partial charge in [-0.25, -0.2) is 0 Å². The maximum atomic E-state index is 5.33. The van der Waals surface area contributed by atoms with Gasteiger partial charge in [-0.2, -0.15) is 4.98 Å². The van der Waals surface area contributed by atoms with Gasteiger partial charge >= 0.3 is 0 Å². The van der Waals surface area contributed by atoms with Crippen LogP contribution in [0.3, 0.4) is 0 Å². The molecule has 0 bridgehead atoms. The van der Waals surface area contributed by atoms with Crippen LogP contribution in [0.5, 0.6) is 0 Å². The van der Waals surface area contributed by atoms with Crippen LogP contribution in [-0.4, -0.2) is 26.6 Å². The van der Waals surface area contributed by atoms with Crippen LogP contribution in [-0.2, 0) is 6.54 Å². The predicted octanol–water partition coefficient (Wildman–Crippen LogP) is 2.42. The Morgan fingerprint density at radius 1 is 1.42 bits per heavy atom. The molecule has 0 N–H and O–H groups in total. The Kier molecular flexibility index (Phi) is 3.29. The van der Waals surface area contributed by atoms with E-state index >= 15 is 0 Å². The summed E-state index contributed by atoms with van der Waals surface area (Å²) < 4.78 is 5.33. The fourth-order valence-corrected chi connectivity index (χ4v) is 2.64. The van der Waals surface area contributed by atoms with Gasteiger partial charge in [-0.3, -0.25) is 9.88 Å². The summed E-state index contributed by atoms with van der Waals surface area (Å²) in [6.45, 7) is 5.96. The van der Waals surface area contributed by atoms with E-state index in [0.717, 1.165) is 25.4 Å². The van der Waals surface area contributed by atoms with Crippen molar-refractivity contribution in [1.82, 2.24) is 20.0 Å². The molecular weight excluding hydrogens is 240 g/mol. The Labute approximate surface area is 112 Å². The van der Waals surface area contributed by atoms with Crippen molar-refractivity contribution in [3.8, 4) is 0 Å². The third-order valence-corrected chi connectivity index (χ3v) is 3.70. The SMILES string of the molecule is Cc1noc([C@@H]2CCCN2Cc2ccncc2C)n1. The molecule has 3 rings (SSSR count). The maximum absolute atomic E-state index is 5.33. The van der Waals surface area contributed by atoms with Gasteiger partial charge in [0, 0.05) is 18.9 Å². The molecule has 0 saturated carbocycles. The van der Waals surface area contributed by atoms with Crippen molar-refractivity contribution >= 4 is 0 Å². The highest BCUT2D eigenvalue weighted by Crippen LogP contribution is 2.32. The van der Waals surface area contributed by atoms with Gasteiger partial charge in [0.05, 0.1) is 6.04 Å². The normalized spacial score (nSPS) is 20.0. The molecule has 0 aliphatic carbocycles. The predicted molar refractivity (Wildman–Crippen MR) is 70.4 cm³/mol. The fourth-order valence-electron chi connectivity index (χ4n) is 2.64. The Bertz CT molecular complexity index is 566. The van der Waals surface area contributed by atoms with Gasteiger partial charge in [-0.1, -0.05) is 5.16 Å². The van der Waals surface area contributed by atoms with Crippen molar-refractivity contribution in [1.29, 1.82) is 0 Å². The molecule has 1 saturated heterocycles. The van der Waals surface area contributed by atoms with Crippen LogP contribution in [0.25, 0.3) is 0 Å². The van der Waals surface area contributed by atoms with Crippen molar-refractivity contribution in [2.24, 2.45) is 0 Å². The summed E-state index contributed by atoms with van der Waals surface area (Å²) in [6.07, 6.45) is 6.03. The standard InChI is InChI=1S/C14H18N4O/c1-10-8-15-6-5-12(10)9-18-7-3-4-13(18)14-16-11(2)17-19-14/h5-6,8,13H,3-4,7,9H2,1-2H3/t13-/m0/s1. The minimum Gasteiger partial charge on any atom is -0.338 e. The number of nitrogens with zero attached hydrogens (tertiary/aromatic N) is 4. The molecule has 0 amide bonds. The summed E-state index contributed by atoms with van der Waals surface area (Å²) in [5.41, 5.74) is 2.55.